The van der Waals surface area contributed by atoms with Crippen LogP contribution in [0.5, 0.6) is 0 Å². The first-order chi connectivity index (χ1) is 9.91. The number of hydrogen-bond acceptors (Lipinski definition) is 5. The zero-order valence-corrected chi connectivity index (χ0v) is 11.7. The van der Waals surface area contributed by atoms with Crippen molar-refractivity contribution in [1.82, 2.24) is 19.7 Å². The third-order valence-corrected chi connectivity index (χ3v) is 3.20. The van der Waals surface area contributed by atoms with Gasteiger partial charge in [0.25, 0.3) is 0 Å². The highest BCUT2D eigenvalue weighted by molar-refractivity contribution is 5.71. The summed E-state index contributed by atoms with van der Waals surface area (Å²) in [6.45, 7) is 3.02. The highest BCUT2D eigenvalue weighted by atomic mass is 19.4. The summed E-state index contributed by atoms with van der Waals surface area (Å²) in [6, 6.07) is 0. The van der Waals surface area contributed by atoms with Crippen molar-refractivity contribution >= 4 is 5.97 Å². The van der Waals surface area contributed by atoms with Gasteiger partial charge < -0.3 is 9.30 Å². The Kier molecular flexibility index (Phi) is 4.81. The predicted octanol–water partition coefficient (Wildman–Crippen LogP) is 1.46. The number of fused-ring (bicyclic) bond motifs is 1. The SMILES string of the molecule is CCCCOC(=O)CN1CCn2c(nnc2C(F)(F)F)C1. The first-order valence-electron chi connectivity index (χ1n) is 6.79. The number of ether oxygens (including phenoxy) is 1. The Labute approximate surface area is 119 Å². The largest absolute Gasteiger partial charge is 0.465 e. The summed E-state index contributed by atoms with van der Waals surface area (Å²) < 4.78 is 44.1. The van der Waals surface area contributed by atoms with Gasteiger partial charge in [0, 0.05) is 13.1 Å². The number of carbonyl (C=O) groups excluding carboxylic acids is 1. The molecule has 0 bridgehead atoms. The van der Waals surface area contributed by atoms with Crippen LogP contribution in [0.1, 0.15) is 31.4 Å². The summed E-state index contributed by atoms with van der Waals surface area (Å²) in [5, 5.41) is 6.74. The van der Waals surface area contributed by atoms with E-state index in [1.807, 2.05) is 6.92 Å². The fourth-order valence-corrected chi connectivity index (χ4v) is 2.11. The van der Waals surface area contributed by atoms with Gasteiger partial charge in [-0.3, -0.25) is 9.69 Å². The molecule has 0 saturated carbocycles. The molecule has 0 spiro atoms. The Morgan fingerprint density at radius 2 is 2.10 bits per heavy atom. The minimum Gasteiger partial charge on any atom is -0.465 e. The molecule has 1 aromatic heterocycles. The zero-order valence-electron chi connectivity index (χ0n) is 11.7. The van der Waals surface area contributed by atoms with E-state index in [1.54, 1.807) is 4.90 Å². The van der Waals surface area contributed by atoms with Crippen LogP contribution in [-0.4, -0.2) is 45.3 Å². The van der Waals surface area contributed by atoms with Crippen molar-refractivity contribution in [2.24, 2.45) is 0 Å². The number of esters is 1. The van der Waals surface area contributed by atoms with Crippen molar-refractivity contribution in [1.29, 1.82) is 0 Å². The van der Waals surface area contributed by atoms with E-state index >= 15 is 0 Å². The van der Waals surface area contributed by atoms with Crippen LogP contribution >= 0.6 is 0 Å². The normalized spacial score (nSPS) is 15.8. The van der Waals surface area contributed by atoms with Gasteiger partial charge in [0.05, 0.1) is 19.7 Å². The van der Waals surface area contributed by atoms with Crippen molar-refractivity contribution in [2.45, 2.75) is 39.0 Å². The number of rotatable bonds is 5. The summed E-state index contributed by atoms with van der Waals surface area (Å²) >= 11 is 0. The average molecular weight is 306 g/mol. The Balaban J connectivity index is 1.92. The van der Waals surface area contributed by atoms with Gasteiger partial charge in [-0.15, -0.1) is 10.2 Å². The number of halogens is 3. The molecule has 0 fully saturated rings. The first-order valence-corrected chi connectivity index (χ1v) is 6.79. The Morgan fingerprint density at radius 3 is 2.76 bits per heavy atom. The van der Waals surface area contributed by atoms with Crippen molar-refractivity contribution < 1.29 is 22.7 Å². The van der Waals surface area contributed by atoms with Gasteiger partial charge in [0.2, 0.25) is 5.82 Å². The molecule has 0 atom stereocenters. The molecule has 9 heteroatoms. The van der Waals surface area contributed by atoms with Crippen LogP contribution < -0.4 is 0 Å². The third-order valence-electron chi connectivity index (χ3n) is 3.20. The molecular formula is C12H17F3N4O2. The molecular weight excluding hydrogens is 289 g/mol. The summed E-state index contributed by atoms with van der Waals surface area (Å²) in [5.74, 6) is -1.13. The van der Waals surface area contributed by atoms with Gasteiger partial charge in [-0.05, 0) is 6.42 Å². The number of carbonyl (C=O) groups is 1. The van der Waals surface area contributed by atoms with Crippen LogP contribution in [0.4, 0.5) is 13.2 Å². The molecule has 0 unspecified atom stereocenters. The van der Waals surface area contributed by atoms with Gasteiger partial charge in [0.1, 0.15) is 5.82 Å². The molecule has 0 saturated heterocycles. The summed E-state index contributed by atoms with van der Waals surface area (Å²) in [6.07, 6.45) is -2.78. The molecule has 0 aromatic carbocycles. The lowest BCUT2D eigenvalue weighted by Crippen LogP contribution is -2.38. The highest BCUT2D eigenvalue weighted by Gasteiger charge is 2.39. The van der Waals surface area contributed by atoms with Crippen molar-refractivity contribution in [3.05, 3.63) is 11.6 Å². The zero-order chi connectivity index (χ0) is 15.5. The smallest absolute Gasteiger partial charge is 0.451 e. The van der Waals surface area contributed by atoms with Crippen LogP contribution in [0.3, 0.4) is 0 Å². The fraction of sp³-hybridized carbons (Fsp3) is 0.750. The molecule has 1 aromatic rings. The van der Waals surface area contributed by atoms with Gasteiger partial charge >= 0.3 is 12.1 Å². The van der Waals surface area contributed by atoms with Gasteiger partial charge in [0.15, 0.2) is 0 Å². The Morgan fingerprint density at radius 1 is 1.33 bits per heavy atom. The second kappa shape index (κ2) is 6.42. The Hall–Kier alpha value is -1.64. The Bertz CT molecular complexity index is 501. The maximum Gasteiger partial charge on any atom is 0.451 e. The minimum atomic E-state index is -4.51. The second-order valence-corrected chi connectivity index (χ2v) is 4.87. The lowest BCUT2D eigenvalue weighted by atomic mass is 10.3. The summed E-state index contributed by atoms with van der Waals surface area (Å²) in [4.78, 5) is 13.3. The lowest BCUT2D eigenvalue weighted by molar-refractivity contribution is -0.149. The fourth-order valence-electron chi connectivity index (χ4n) is 2.11. The van der Waals surface area contributed by atoms with Crippen molar-refractivity contribution in [3.8, 4) is 0 Å². The molecule has 0 N–H and O–H groups in total. The van der Waals surface area contributed by atoms with Crippen LogP contribution in [0.15, 0.2) is 0 Å². The minimum absolute atomic E-state index is 0.0535. The third kappa shape index (κ3) is 3.93. The van der Waals surface area contributed by atoms with Gasteiger partial charge in [-0.2, -0.15) is 13.2 Å². The molecule has 6 nitrogen and oxygen atoms in total. The van der Waals surface area contributed by atoms with E-state index in [4.69, 9.17) is 4.74 Å². The molecule has 1 aliphatic heterocycles. The second-order valence-electron chi connectivity index (χ2n) is 4.87. The molecule has 0 aliphatic carbocycles. The summed E-state index contributed by atoms with van der Waals surface area (Å²) in [7, 11) is 0. The van der Waals surface area contributed by atoms with E-state index in [-0.39, 0.29) is 31.4 Å². The highest BCUT2D eigenvalue weighted by Crippen LogP contribution is 2.29. The summed E-state index contributed by atoms with van der Waals surface area (Å²) in [5.41, 5.74) is 0. The monoisotopic (exact) mass is 306 g/mol. The first kappa shape index (κ1) is 15.7. The average Bonchev–Trinajstić information content (AvgIpc) is 2.82. The van der Waals surface area contributed by atoms with E-state index < -0.39 is 12.0 Å². The van der Waals surface area contributed by atoms with E-state index in [0.717, 1.165) is 17.4 Å². The van der Waals surface area contributed by atoms with E-state index in [0.29, 0.717) is 13.2 Å². The molecule has 2 rings (SSSR count). The van der Waals surface area contributed by atoms with Gasteiger partial charge in [-0.1, -0.05) is 13.3 Å². The number of unbranched alkanes of at least 4 members (excludes halogenated alkanes) is 1. The maximum atomic E-state index is 12.7. The van der Waals surface area contributed by atoms with E-state index in [9.17, 15) is 18.0 Å². The van der Waals surface area contributed by atoms with E-state index in [2.05, 4.69) is 10.2 Å². The van der Waals surface area contributed by atoms with Crippen LogP contribution in [0.25, 0.3) is 0 Å². The predicted molar refractivity (Wildman–Crippen MR) is 66.2 cm³/mol. The van der Waals surface area contributed by atoms with Crippen LogP contribution in [0, 0.1) is 0 Å². The quantitative estimate of drug-likeness (QED) is 0.609. The molecule has 0 amide bonds. The lowest BCUT2D eigenvalue weighted by Gasteiger charge is -2.26. The van der Waals surface area contributed by atoms with Gasteiger partial charge in [-0.25, -0.2) is 0 Å². The number of hydrogen-bond donors (Lipinski definition) is 0. The van der Waals surface area contributed by atoms with Crippen LogP contribution in [-0.2, 0) is 28.8 Å². The number of alkyl halides is 3. The molecule has 118 valence electrons. The van der Waals surface area contributed by atoms with E-state index in [1.165, 1.54) is 0 Å². The molecule has 21 heavy (non-hydrogen) atoms. The molecule has 1 aliphatic rings. The topological polar surface area (TPSA) is 60.2 Å². The standard InChI is InChI=1S/C12H17F3N4O2/c1-2-3-6-21-10(20)8-18-4-5-19-9(7-18)16-17-11(19)12(13,14)15/h2-8H2,1H3. The van der Waals surface area contributed by atoms with Crippen molar-refractivity contribution in [3.63, 3.8) is 0 Å². The maximum absolute atomic E-state index is 12.7. The van der Waals surface area contributed by atoms with Crippen molar-refractivity contribution in [2.75, 3.05) is 19.7 Å². The van der Waals surface area contributed by atoms with Crippen LogP contribution in [0.2, 0.25) is 0 Å². The molecule has 2 heterocycles. The number of nitrogens with zero attached hydrogens (tertiary/aromatic N) is 4. The molecule has 0 radical (unpaired) electrons. The number of aromatic nitrogens is 3.